The van der Waals surface area contributed by atoms with Crippen molar-refractivity contribution in [3.63, 3.8) is 0 Å². The van der Waals surface area contributed by atoms with E-state index in [-0.39, 0.29) is 11.1 Å². The van der Waals surface area contributed by atoms with Gasteiger partial charge in [-0.15, -0.1) is 13.2 Å². The van der Waals surface area contributed by atoms with Crippen LogP contribution in [0.2, 0.25) is 0 Å². The maximum atomic E-state index is 12.0. The first-order valence-corrected chi connectivity index (χ1v) is 4.85. The molecule has 1 heterocycles. The SMILES string of the molecule is O=C(c1cn[nH]c1)c1cccc(OC(F)(F)F)c1. The van der Waals surface area contributed by atoms with Gasteiger partial charge in [0.2, 0.25) is 0 Å². The van der Waals surface area contributed by atoms with Crippen molar-refractivity contribution in [3.8, 4) is 5.75 Å². The monoisotopic (exact) mass is 256 g/mol. The van der Waals surface area contributed by atoms with Crippen LogP contribution in [-0.4, -0.2) is 22.3 Å². The molecule has 0 aliphatic rings. The van der Waals surface area contributed by atoms with Crippen molar-refractivity contribution in [2.45, 2.75) is 6.36 Å². The lowest BCUT2D eigenvalue weighted by atomic mass is 10.1. The van der Waals surface area contributed by atoms with Gasteiger partial charge in [0, 0.05) is 11.8 Å². The normalized spacial score (nSPS) is 11.3. The zero-order valence-electron chi connectivity index (χ0n) is 8.86. The molecule has 0 atom stereocenters. The number of hydrogen-bond donors (Lipinski definition) is 1. The van der Waals surface area contributed by atoms with Gasteiger partial charge in [0.05, 0.1) is 11.8 Å². The molecule has 0 saturated carbocycles. The highest BCUT2D eigenvalue weighted by molar-refractivity contribution is 6.08. The summed E-state index contributed by atoms with van der Waals surface area (Å²) >= 11 is 0. The fourth-order valence-electron chi connectivity index (χ4n) is 1.38. The van der Waals surface area contributed by atoms with Gasteiger partial charge in [0.15, 0.2) is 5.78 Å². The van der Waals surface area contributed by atoms with Gasteiger partial charge in [-0.1, -0.05) is 12.1 Å². The van der Waals surface area contributed by atoms with E-state index in [9.17, 15) is 18.0 Å². The molecule has 0 amide bonds. The molecule has 94 valence electrons. The number of ketones is 1. The van der Waals surface area contributed by atoms with Gasteiger partial charge >= 0.3 is 6.36 Å². The average molecular weight is 256 g/mol. The minimum atomic E-state index is -4.78. The summed E-state index contributed by atoms with van der Waals surface area (Å²) in [6.07, 6.45) is -2.13. The minimum Gasteiger partial charge on any atom is -0.406 e. The molecule has 0 saturated heterocycles. The Morgan fingerprint density at radius 1 is 1.28 bits per heavy atom. The maximum Gasteiger partial charge on any atom is 0.573 e. The third-order valence-electron chi connectivity index (χ3n) is 2.09. The second kappa shape index (κ2) is 4.52. The summed E-state index contributed by atoms with van der Waals surface area (Å²) < 4.78 is 39.8. The number of nitrogens with one attached hydrogen (secondary N) is 1. The van der Waals surface area contributed by atoms with Crippen LogP contribution < -0.4 is 4.74 Å². The van der Waals surface area contributed by atoms with Crippen molar-refractivity contribution in [2.75, 3.05) is 0 Å². The number of nitrogens with zero attached hydrogens (tertiary/aromatic N) is 1. The van der Waals surface area contributed by atoms with Gasteiger partial charge in [-0.2, -0.15) is 5.10 Å². The minimum absolute atomic E-state index is 0.0955. The first kappa shape index (κ1) is 12.2. The molecule has 2 rings (SSSR count). The van der Waals surface area contributed by atoms with Crippen molar-refractivity contribution in [1.82, 2.24) is 10.2 Å². The molecule has 0 bridgehead atoms. The summed E-state index contributed by atoms with van der Waals surface area (Å²) in [5.41, 5.74) is 0.359. The number of carbonyl (C=O) groups is 1. The molecule has 1 aromatic heterocycles. The van der Waals surface area contributed by atoms with Gasteiger partial charge in [0.25, 0.3) is 0 Å². The Hall–Kier alpha value is -2.31. The molecule has 0 radical (unpaired) electrons. The molecular weight excluding hydrogens is 249 g/mol. The zero-order chi connectivity index (χ0) is 13.2. The lowest BCUT2D eigenvalue weighted by molar-refractivity contribution is -0.274. The Balaban J connectivity index is 2.25. The van der Waals surface area contributed by atoms with Gasteiger partial charge in [-0.25, -0.2) is 0 Å². The topological polar surface area (TPSA) is 55.0 Å². The summed E-state index contributed by atoms with van der Waals surface area (Å²) in [5, 5.41) is 6.04. The van der Waals surface area contributed by atoms with Crippen molar-refractivity contribution in [1.29, 1.82) is 0 Å². The number of rotatable bonds is 3. The lowest BCUT2D eigenvalue weighted by Crippen LogP contribution is -2.17. The largest absolute Gasteiger partial charge is 0.573 e. The smallest absolute Gasteiger partial charge is 0.406 e. The summed E-state index contributed by atoms with van der Waals surface area (Å²) in [6.45, 7) is 0. The van der Waals surface area contributed by atoms with E-state index < -0.39 is 17.9 Å². The number of aromatic nitrogens is 2. The van der Waals surface area contributed by atoms with E-state index in [1.807, 2.05) is 0 Å². The second-order valence-electron chi connectivity index (χ2n) is 3.39. The van der Waals surface area contributed by atoms with Gasteiger partial charge in [-0.3, -0.25) is 9.89 Å². The Kier molecular flexibility index (Phi) is 3.05. The van der Waals surface area contributed by atoms with Crippen molar-refractivity contribution in [2.24, 2.45) is 0 Å². The number of aromatic amines is 1. The quantitative estimate of drug-likeness (QED) is 0.858. The molecule has 0 spiro atoms. The summed E-state index contributed by atoms with van der Waals surface area (Å²) in [5.74, 6) is -0.867. The van der Waals surface area contributed by atoms with E-state index >= 15 is 0 Å². The molecule has 2 aromatic rings. The molecule has 0 aliphatic carbocycles. The van der Waals surface area contributed by atoms with E-state index in [0.717, 1.165) is 12.1 Å². The highest BCUT2D eigenvalue weighted by atomic mass is 19.4. The van der Waals surface area contributed by atoms with E-state index in [2.05, 4.69) is 14.9 Å². The van der Waals surface area contributed by atoms with Crippen molar-refractivity contribution in [3.05, 3.63) is 47.8 Å². The number of ether oxygens (including phenoxy) is 1. The third-order valence-corrected chi connectivity index (χ3v) is 2.09. The second-order valence-corrected chi connectivity index (χ2v) is 3.39. The number of alkyl halides is 3. The molecule has 7 heteroatoms. The van der Waals surface area contributed by atoms with Crippen LogP contribution >= 0.6 is 0 Å². The Bertz CT molecular complexity index is 550. The number of halogens is 3. The Morgan fingerprint density at radius 3 is 2.67 bits per heavy atom. The fraction of sp³-hybridized carbons (Fsp3) is 0.0909. The molecule has 0 unspecified atom stereocenters. The zero-order valence-corrected chi connectivity index (χ0v) is 8.86. The standard InChI is InChI=1S/C11H7F3N2O2/c12-11(13,14)18-9-3-1-2-7(4-9)10(17)8-5-15-16-6-8/h1-6H,(H,15,16). The van der Waals surface area contributed by atoms with Crippen LogP contribution in [0.25, 0.3) is 0 Å². The number of carbonyl (C=O) groups excluding carboxylic acids is 1. The van der Waals surface area contributed by atoms with Crippen LogP contribution in [0.4, 0.5) is 13.2 Å². The highest BCUT2D eigenvalue weighted by Crippen LogP contribution is 2.24. The van der Waals surface area contributed by atoms with Gasteiger partial charge < -0.3 is 4.74 Å². The Labute approximate surface area is 99.4 Å². The lowest BCUT2D eigenvalue weighted by Gasteiger charge is -2.09. The number of hydrogen-bond acceptors (Lipinski definition) is 3. The molecule has 1 aromatic carbocycles. The number of benzene rings is 1. The van der Waals surface area contributed by atoms with Crippen molar-refractivity contribution < 1.29 is 22.7 Å². The first-order valence-electron chi connectivity index (χ1n) is 4.85. The van der Waals surface area contributed by atoms with Gasteiger partial charge in [0.1, 0.15) is 5.75 Å². The van der Waals surface area contributed by atoms with E-state index in [4.69, 9.17) is 0 Å². The molecule has 4 nitrogen and oxygen atoms in total. The summed E-state index contributed by atoms with van der Waals surface area (Å²) in [7, 11) is 0. The van der Waals surface area contributed by atoms with Crippen LogP contribution in [0.5, 0.6) is 5.75 Å². The first-order chi connectivity index (χ1) is 8.46. The summed E-state index contributed by atoms with van der Waals surface area (Å²) in [6, 6.07) is 4.87. The molecule has 0 aliphatic heterocycles. The van der Waals surface area contributed by atoms with E-state index in [0.29, 0.717) is 0 Å². The van der Waals surface area contributed by atoms with Crippen LogP contribution in [0.1, 0.15) is 15.9 Å². The predicted molar refractivity (Wildman–Crippen MR) is 55.1 cm³/mol. The number of H-pyrrole nitrogens is 1. The van der Waals surface area contributed by atoms with Crippen molar-refractivity contribution >= 4 is 5.78 Å². The average Bonchev–Trinajstić information content (AvgIpc) is 2.79. The van der Waals surface area contributed by atoms with Crippen LogP contribution in [-0.2, 0) is 0 Å². The predicted octanol–water partition coefficient (Wildman–Crippen LogP) is 2.54. The van der Waals surface area contributed by atoms with E-state index in [1.54, 1.807) is 0 Å². The van der Waals surface area contributed by atoms with Crippen LogP contribution in [0, 0.1) is 0 Å². The highest BCUT2D eigenvalue weighted by Gasteiger charge is 2.31. The molecular formula is C11H7F3N2O2. The fourth-order valence-corrected chi connectivity index (χ4v) is 1.38. The Morgan fingerprint density at radius 2 is 2.06 bits per heavy atom. The third kappa shape index (κ3) is 2.88. The van der Waals surface area contributed by atoms with E-state index in [1.165, 1.54) is 24.5 Å². The molecule has 1 N–H and O–H groups in total. The summed E-state index contributed by atoms with van der Waals surface area (Å²) in [4.78, 5) is 11.8. The molecule has 0 fully saturated rings. The van der Waals surface area contributed by atoms with Gasteiger partial charge in [-0.05, 0) is 12.1 Å². The molecule has 18 heavy (non-hydrogen) atoms. The van der Waals surface area contributed by atoms with Crippen LogP contribution in [0.15, 0.2) is 36.7 Å². The van der Waals surface area contributed by atoms with Crippen LogP contribution in [0.3, 0.4) is 0 Å². The maximum absolute atomic E-state index is 12.0.